The number of alkyl halides is 1. The van der Waals surface area contributed by atoms with Gasteiger partial charge in [0.25, 0.3) is 0 Å². The molecular weight excluding hydrogens is 218 g/mol. The molecule has 0 fully saturated rings. The van der Waals surface area contributed by atoms with Crippen LogP contribution in [0.2, 0.25) is 0 Å². The van der Waals surface area contributed by atoms with E-state index < -0.39 is 0 Å². The molecular formula is C10H16ClNOS. The smallest absolute Gasteiger partial charge is 0.122 e. The lowest BCUT2D eigenvalue weighted by molar-refractivity contribution is 0.0467. The molecule has 1 aromatic heterocycles. The molecule has 0 aromatic carbocycles. The van der Waals surface area contributed by atoms with Crippen LogP contribution in [0.1, 0.15) is 37.6 Å². The van der Waals surface area contributed by atoms with Crippen molar-refractivity contribution in [1.29, 1.82) is 0 Å². The summed E-state index contributed by atoms with van der Waals surface area (Å²) in [5.41, 5.74) is 0.937. The van der Waals surface area contributed by atoms with E-state index in [9.17, 15) is 0 Å². The molecule has 14 heavy (non-hydrogen) atoms. The van der Waals surface area contributed by atoms with E-state index in [2.05, 4.69) is 18.8 Å². The Morgan fingerprint density at radius 3 is 2.71 bits per heavy atom. The first-order chi connectivity index (χ1) is 6.63. The second-order valence-corrected chi connectivity index (χ2v) is 4.84. The number of thiazole rings is 1. The van der Waals surface area contributed by atoms with Crippen molar-refractivity contribution < 1.29 is 4.74 Å². The maximum Gasteiger partial charge on any atom is 0.122 e. The first-order valence-corrected chi connectivity index (χ1v) is 6.16. The minimum atomic E-state index is 0.0827. The SMILES string of the molecule is CC(C)CO[C@H](C)c1nc(CCl)cs1. The third-order valence-corrected chi connectivity index (χ3v) is 3.06. The van der Waals surface area contributed by atoms with Crippen LogP contribution in [0.3, 0.4) is 0 Å². The fourth-order valence-corrected chi connectivity index (χ4v) is 2.03. The van der Waals surface area contributed by atoms with E-state index in [4.69, 9.17) is 16.3 Å². The molecule has 0 spiro atoms. The Morgan fingerprint density at radius 2 is 2.21 bits per heavy atom. The Balaban J connectivity index is 2.47. The predicted octanol–water partition coefficient (Wildman–Crippen LogP) is 3.62. The van der Waals surface area contributed by atoms with Gasteiger partial charge in [0.15, 0.2) is 0 Å². The zero-order valence-electron chi connectivity index (χ0n) is 8.79. The highest BCUT2D eigenvalue weighted by Gasteiger charge is 2.10. The average Bonchev–Trinajstić information content (AvgIpc) is 2.62. The molecule has 0 unspecified atom stereocenters. The molecule has 4 heteroatoms. The summed E-state index contributed by atoms with van der Waals surface area (Å²) in [6, 6.07) is 0. The summed E-state index contributed by atoms with van der Waals surface area (Å²) in [6.07, 6.45) is 0.0827. The first-order valence-electron chi connectivity index (χ1n) is 4.75. The van der Waals surface area contributed by atoms with Crippen LogP contribution in [0.5, 0.6) is 0 Å². The summed E-state index contributed by atoms with van der Waals surface area (Å²) in [7, 11) is 0. The van der Waals surface area contributed by atoms with Crippen molar-refractivity contribution in [2.75, 3.05) is 6.61 Å². The van der Waals surface area contributed by atoms with E-state index in [0.717, 1.165) is 17.3 Å². The van der Waals surface area contributed by atoms with Crippen LogP contribution in [0, 0.1) is 5.92 Å². The lowest BCUT2D eigenvalue weighted by atomic mass is 10.2. The number of aromatic nitrogens is 1. The standard InChI is InChI=1S/C10H16ClNOS/c1-7(2)5-13-8(3)10-12-9(4-11)6-14-10/h6-8H,4-5H2,1-3H3/t8-/m1/s1. The molecule has 0 radical (unpaired) electrons. The summed E-state index contributed by atoms with van der Waals surface area (Å²) >= 11 is 7.29. The van der Waals surface area contributed by atoms with E-state index in [-0.39, 0.29) is 6.10 Å². The minimum absolute atomic E-state index is 0.0827. The van der Waals surface area contributed by atoms with Gasteiger partial charge in [-0.3, -0.25) is 0 Å². The highest BCUT2D eigenvalue weighted by atomic mass is 35.5. The quantitative estimate of drug-likeness (QED) is 0.725. The maximum absolute atomic E-state index is 5.68. The predicted molar refractivity (Wildman–Crippen MR) is 60.9 cm³/mol. The fraction of sp³-hybridized carbons (Fsp3) is 0.700. The monoisotopic (exact) mass is 233 g/mol. The van der Waals surface area contributed by atoms with Gasteiger partial charge in [-0.15, -0.1) is 22.9 Å². The van der Waals surface area contributed by atoms with Crippen LogP contribution in [-0.2, 0) is 10.6 Å². The summed E-state index contributed by atoms with van der Waals surface area (Å²) in [5, 5.41) is 3.00. The molecule has 0 aliphatic rings. The van der Waals surface area contributed by atoms with Crippen LogP contribution in [-0.4, -0.2) is 11.6 Å². The summed E-state index contributed by atoms with van der Waals surface area (Å²) < 4.78 is 5.65. The van der Waals surface area contributed by atoms with E-state index >= 15 is 0 Å². The second kappa shape index (κ2) is 5.69. The van der Waals surface area contributed by atoms with Crippen LogP contribution in [0.4, 0.5) is 0 Å². The topological polar surface area (TPSA) is 22.1 Å². The van der Waals surface area contributed by atoms with Crippen molar-refractivity contribution in [2.45, 2.75) is 32.8 Å². The molecule has 1 rings (SSSR count). The summed E-state index contributed by atoms with van der Waals surface area (Å²) in [5.74, 6) is 1.04. The first kappa shape index (κ1) is 12.0. The van der Waals surface area contributed by atoms with Gasteiger partial charge in [0.05, 0.1) is 11.6 Å². The maximum atomic E-state index is 5.68. The molecule has 0 N–H and O–H groups in total. The Hall–Kier alpha value is -0.120. The lowest BCUT2D eigenvalue weighted by Gasteiger charge is -2.11. The average molecular weight is 234 g/mol. The number of hydrogen-bond donors (Lipinski definition) is 0. The van der Waals surface area contributed by atoms with Gasteiger partial charge in [-0.05, 0) is 12.8 Å². The van der Waals surface area contributed by atoms with Gasteiger partial charge in [0.1, 0.15) is 11.1 Å². The van der Waals surface area contributed by atoms with Crippen molar-refractivity contribution in [3.63, 3.8) is 0 Å². The summed E-state index contributed by atoms with van der Waals surface area (Å²) in [6.45, 7) is 7.08. The molecule has 0 aliphatic heterocycles. The third-order valence-electron chi connectivity index (χ3n) is 1.73. The van der Waals surface area contributed by atoms with Crippen LogP contribution < -0.4 is 0 Å². The Kier molecular flexibility index (Phi) is 4.85. The molecule has 1 aromatic rings. The van der Waals surface area contributed by atoms with E-state index in [1.807, 2.05) is 12.3 Å². The molecule has 80 valence electrons. The molecule has 2 nitrogen and oxygen atoms in total. The normalized spacial score (nSPS) is 13.5. The largest absolute Gasteiger partial charge is 0.371 e. The van der Waals surface area contributed by atoms with Crippen molar-refractivity contribution in [2.24, 2.45) is 5.92 Å². The fourth-order valence-electron chi connectivity index (χ4n) is 0.979. The number of ether oxygens (including phenoxy) is 1. The van der Waals surface area contributed by atoms with Gasteiger partial charge < -0.3 is 4.74 Å². The third kappa shape index (κ3) is 3.56. The molecule has 0 saturated heterocycles. The molecule has 1 atom stereocenters. The van der Waals surface area contributed by atoms with Crippen molar-refractivity contribution in [3.8, 4) is 0 Å². The van der Waals surface area contributed by atoms with Gasteiger partial charge in [-0.1, -0.05) is 13.8 Å². The number of hydrogen-bond acceptors (Lipinski definition) is 3. The Morgan fingerprint density at radius 1 is 1.50 bits per heavy atom. The van der Waals surface area contributed by atoms with Crippen LogP contribution in [0.25, 0.3) is 0 Å². The molecule has 1 heterocycles. The van der Waals surface area contributed by atoms with Gasteiger partial charge >= 0.3 is 0 Å². The van der Waals surface area contributed by atoms with Crippen LogP contribution in [0.15, 0.2) is 5.38 Å². The second-order valence-electron chi connectivity index (χ2n) is 3.68. The van der Waals surface area contributed by atoms with Gasteiger partial charge in [0, 0.05) is 12.0 Å². The number of rotatable bonds is 5. The van der Waals surface area contributed by atoms with Gasteiger partial charge in [-0.25, -0.2) is 4.98 Å². The van der Waals surface area contributed by atoms with Gasteiger partial charge in [-0.2, -0.15) is 0 Å². The molecule has 0 amide bonds. The zero-order chi connectivity index (χ0) is 10.6. The van der Waals surface area contributed by atoms with Crippen LogP contribution >= 0.6 is 22.9 Å². The number of nitrogens with zero attached hydrogens (tertiary/aromatic N) is 1. The molecule has 0 aliphatic carbocycles. The molecule has 0 bridgehead atoms. The van der Waals surface area contributed by atoms with Crippen molar-refractivity contribution in [3.05, 3.63) is 16.1 Å². The Labute approximate surface area is 94.3 Å². The van der Waals surface area contributed by atoms with E-state index in [1.54, 1.807) is 11.3 Å². The Bertz CT molecular complexity index is 275. The van der Waals surface area contributed by atoms with E-state index in [0.29, 0.717) is 11.8 Å². The summed E-state index contributed by atoms with van der Waals surface area (Å²) in [4.78, 5) is 4.37. The zero-order valence-corrected chi connectivity index (χ0v) is 10.4. The number of halogens is 1. The highest BCUT2D eigenvalue weighted by molar-refractivity contribution is 7.09. The van der Waals surface area contributed by atoms with Crippen molar-refractivity contribution >= 4 is 22.9 Å². The molecule has 0 saturated carbocycles. The van der Waals surface area contributed by atoms with Gasteiger partial charge in [0.2, 0.25) is 0 Å². The lowest BCUT2D eigenvalue weighted by Crippen LogP contribution is -2.06. The minimum Gasteiger partial charge on any atom is -0.371 e. The highest BCUT2D eigenvalue weighted by Crippen LogP contribution is 2.22. The van der Waals surface area contributed by atoms with E-state index in [1.165, 1.54) is 0 Å². The van der Waals surface area contributed by atoms with Crippen molar-refractivity contribution in [1.82, 2.24) is 4.98 Å².